The van der Waals surface area contributed by atoms with Gasteiger partial charge in [0.1, 0.15) is 0 Å². The highest BCUT2D eigenvalue weighted by Crippen LogP contribution is 2.29. The maximum absolute atomic E-state index is 5.86. The monoisotopic (exact) mass is 287 g/mol. The van der Waals surface area contributed by atoms with Gasteiger partial charge in [-0.05, 0) is 24.3 Å². The maximum atomic E-state index is 5.86. The first kappa shape index (κ1) is 15.7. The van der Waals surface area contributed by atoms with E-state index in [1.54, 1.807) is 0 Å². The number of rotatable bonds is 5. The Hall–Kier alpha value is -1.68. The van der Waals surface area contributed by atoms with Gasteiger partial charge in [-0.25, -0.2) is 0 Å². The van der Waals surface area contributed by atoms with Crippen LogP contribution in [0.1, 0.15) is 56.0 Å². The summed E-state index contributed by atoms with van der Waals surface area (Å²) < 4.78 is 5.42. The third-order valence-electron chi connectivity index (χ3n) is 3.46. The maximum Gasteiger partial charge on any atom is 0.231 e. The van der Waals surface area contributed by atoms with E-state index >= 15 is 0 Å². The van der Waals surface area contributed by atoms with E-state index in [9.17, 15) is 0 Å². The summed E-state index contributed by atoms with van der Waals surface area (Å²) in [4.78, 5) is 4.53. The zero-order valence-electron chi connectivity index (χ0n) is 13.4. The van der Waals surface area contributed by atoms with E-state index in [1.807, 2.05) is 0 Å². The van der Waals surface area contributed by atoms with E-state index < -0.39 is 0 Å². The molecule has 4 heteroatoms. The molecule has 0 aliphatic rings. The molecule has 2 rings (SSSR count). The van der Waals surface area contributed by atoms with Gasteiger partial charge in [-0.15, -0.1) is 0 Å². The molecule has 0 radical (unpaired) electrons. The van der Waals surface area contributed by atoms with Crippen LogP contribution in [0.5, 0.6) is 0 Å². The van der Waals surface area contributed by atoms with E-state index in [2.05, 4.69) is 62.1 Å². The number of nitrogens with two attached hydrogens (primary N) is 1. The van der Waals surface area contributed by atoms with Crippen LogP contribution in [0.3, 0.4) is 0 Å². The number of aryl methyl sites for hydroxylation is 1. The van der Waals surface area contributed by atoms with Crippen molar-refractivity contribution in [1.82, 2.24) is 10.1 Å². The molecular formula is C17H25N3O. The molecule has 21 heavy (non-hydrogen) atoms. The van der Waals surface area contributed by atoms with Gasteiger partial charge in [0.15, 0.2) is 5.82 Å². The minimum absolute atomic E-state index is 0.129. The summed E-state index contributed by atoms with van der Waals surface area (Å²) in [6.07, 6.45) is 1.63. The highest BCUT2D eigenvalue weighted by molar-refractivity contribution is 5.23. The third kappa shape index (κ3) is 4.67. The molecule has 0 saturated carbocycles. The van der Waals surface area contributed by atoms with Crippen molar-refractivity contribution < 1.29 is 4.52 Å². The largest absolute Gasteiger partial charge is 0.339 e. The summed E-state index contributed by atoms with van der Waals surface area (Å²) in [6.45, 7) is 9.19. The topological polar surface area (TPSA) is 64.9 Å². The van der Waals surface area contributed by atoms with Crippen molar-refractivity contribution in [1.29, 1.82) is 0 Å². The Morgan fingerprint density at radius 1 is 1.19 bits per heavy atom. The zero-order valence-corrected chi connectivity index (χ0v) is 13.4. The molecular weight excluding hydrogens is 262 g/mol. The standard InChI is InChI=1S/C17H25N3O/c1-12-5-7-13(8-6-12)9-15-19-16(21-20-15)14(11-18)10-17(2,3)4/h5-8,14H,9-11,18H2,1-4H3. The lowest BCUT2D eigenvalue weighted by Gasteiger charge is -2.22. The Labute approximate surface area is 126 Å². The molecule has 114 valence electrons. The number of hydrogen-bond donors (Lipinski definition) is 1. The summed E-state index contributed by atoms with van der Waals surface area (Å²) in [6, 6.07) is 8.39. The van der Waals surface area contributed by atoms with Gasteiger partial charge in [-0.2, -0.15) is 4.98 Å². The summed E-state index contributed by atoms with van der Waals surface area (Å²) in [5.41, 5.74) is 8.49. The summed E-state index contributed by atoms with van der Waals surface area (Å²) >= 11 is 0. The SMILES string of the molecule is Cc1ccc(Cc2noc(C(CN)CC(C)(C)C)n2)cc1. The van der Waals surface area contributed by atoms with E-state index in [0.29, 0.717) is 18.9 Å². The summed E-state index contributed by atoms with van der Waals surface area (Å²) in [7, 11) is 0. The molecule has 1 aromatic carbocycles. The average Bonchev–Trinajstić information content (AvgIpc) is 2.86. The van der Waals surface area contributed by atoms with Crippen molar-refractivity contribution in [2.24, 2.45) is 11.1 Å². The van der Waals surface area contributed by atoms with Crippen LogP contribution in [0.25, 0.3) is 0 Å². The first-order valence-corrected chi connectivity index (χ1v) is 7.45. The van der Waals surface area contributed by atoms with Crippen LogP contribution in [0, 0.1) is 12.3 Å². The van der Waals surface area contributed by atoms with Crippen molar-refractivity contribution in [3.05, 3.63) is 47.1 Å². The molecule has 0 saturated heterocycles. The zero-order chi connectivity index (χ0) is 15.5. The smallest absolute Gasteiger partial charge is 0.231 e. The fourth-order valence-electron chi connectivity index (χ4n) is 2.40. The number of benzene rings is 1. The highest BCUT2D eigenvalue weighted by Gasteiger charge is 2.24. The van der Waals surface area contributed by atoms with Gasteiger partial charge < -0.3 is 10.3 Å². The molecule has 1 unspecified atom stereocenters. The van der Waals surface area contributed by atoms with Crippen molar-refractivity contribution in [3.63, 3.8) is 0 Å². The van der Waals surface area contributed by atoms with E-state index in [-0.39, 0.29) is 11.3 Å². The highest BCUT2D eigenvalue weighted by atomic mass is 16.5. The molecule has 1 aromatic heterocycles. The van der Waals surface area contributed by atoms with Crippen LogP contribution in [0.15, 0.2) is 28.8 Å². The lowest BCUT2D eigenvalue weighted by molar-refractivity contribution is 0.286. The Morgan fingerprint density at radius 3 is 2.43 bits per heavy atom. The van der Waals surface area contributed by atoms with Crippen molar-refractivity contribution in [2.45, 2.75) is 46.5 Å². The lowest BCUT2D eigenvalue weighted by atomic mass is 9.84. The fourth-order valence-corrected chi connectivity index (χ4v) is 2.40. The second-order valence-electron chi connectivity index (χ2n) is 6.91. The summed E-state index contributed by atoms with van der Waals surface area (Å²) in [5, 5.41) is 4.09. The van der Waals surface area contributed by atoms with E-state index in [4.69, 9.17) is 10.3 Å². The Kier molecular flexibility index (Phi) is 4.78. The lowest BCUT2D eigenvalue weighted by Crippen LogP contribution is -2.19. The average molecular weight is 287 g/mol. The van der Waals surface area contributed by atoms with Crippen LogP contribution in [0.2, 0.25) is 0 Å². The first-order chi connectivity index (χ1) is 9.87. The van der Waals surface area contributed by atoms with Crippen LogP contribution >= 0.6 is 0 Å². The predicted octanol–water partition coefficient (Wildman–Crippen LogP) is 3.45. The third-order valence-corrected chi connectivity index (χ3v) is 3.46. The molecule has 0 fully saturated rings. The molecule has 0 amide bonds. The number of hydrogen-bond acceptors (Lipinski definition) is 4. The van der Waals surface area contributed by atoms with E-state index in [0.717, 1.165) is 12.2 Å². The second kappa shape index (κ2) is 6.39. The van der Waals surface area contributed by atoms with Crippen LogP contribution in [-0.4, -0.2) is 16.7 Å². The molecule has 0 bridgehead atoms. The minimum Gasteiger partial charge on any atom is -0.339 e. The molecule has 2 N–H and O–H groups in total. The minimum atomic E-state index is 0.129. The van der Waals surface area contributed by atoms with Gasteiger partial charge >= 0.3 is 0 Å². The molecule has 0 spiro atoms. The van der Waals surface area contributed by atoms with E-state index in [1.165, 1.54) is 11.1 Å². The molecule has 0 aliphatic heterocycles. The Morgan fingerprint density at radius 2 is 1.86 bits per heavy atom. The van der Waals surface area contributed by atoms with Gasteiger partial charge in [0, 0.05) is 13.0 Å². The van der Waals surface area contributed by atoms with Crippen LogP contribution < -0.4 is 5.73 Å². The Balaban J connectivity index is 2.08. The van der Waals surface area contributed by atoms with Crippen LogP contribution in [-0.2, 0) is 6.42 Å². The number of nitrogens with zero attached hydrogens (tertiary/aromatic N) is 2. The second-order valence-corrected chi connectivity index (χ2v) is 6.91. The number of aromatic nitrogens is 2. The van der Waals surface area contributed by atoms with Gasteiger partial charge in [-0.3, -0.25) is 0 Å². The molecule has 1 atom stereocenters. The van der Waals surface area contributed by atoms with Crippen LogP contribution in [0.4, 0.5) is 0 Å². The molecule has 4 nitrogen and oxygen atoms in total. The quantitative estimate of drug-likeness (QED) is 0.914. The molecule has 2 aromatic rings. The van der Waals surface area contributed by atoms with Gasteiger partial charge in [-0.1, -0.05) is 55.8 Å². The van der Waals surface area contributed by atoms with Crippen molar-refractivity contribution in [3.8, 4) is 0 Å². The van der Waals surface area contributed by atoms with Gasteiger partial charge in [0.05, 0.1) is 5.92 Å². The van der Waals surface area contributed by atoms with Gasteiger partial charge in [0.2, 0.25) is 5.89 Å². The first-order valence-electron chi connectivity index (χ1n) is 7.45. The summed E-state index contributed by atoms with van der Waals surface area (Å²) in [5.74, 6) is 1.51. The predicted molar refractivity (Wildman–Crippen MR) is 84.2 cm³/mol. The fraction of sp³-hybridized carbons (Fsp3) is 0.529. The molecule has 1 heterocycles. The normalized spacial score (nSPS) is 13.4. The van der Waals surface area contributed by atoms with Crippen molar-refractivity contribution >= 4 is 0 Å². The molecule has 0 aliphatic carbocycles. The van der Waals surface area contributed by atoms with Crippen molar-refractivity contribution in [2.75, 3.05) is 6.54 Å². The Bertz CT molecular complexity index is 566. The van der Waals surface area contributed by atoms with Gasteiger partial charge in [0.25, 0.3) is 0 Å².